The van der Waals surface area contributed by atoms with Gasteiger partial charge in [-0.3, -0.25) is 9.59 Å². The number of carbonyl (C=O) groups is 2. The Labute approximate surface area is 191 Å². The molecule has 1 aliphatic rings. The highest BCUT2D eigenvalue weighted by atomic mass is 32.2. The molecule has 33 heavy (non-hydrogen) atoms. The maximum atomic E-state index is 13.9. The molecule has 0 fully saturated rings. The molecule has 178 valence electrons. The predicted octanol–water partition coefficient (Wildman–Crippen LogP) is 2.47. The molecule has 1 heterocycles. The third-order valence-corrected chi connectivity index (χ3v) is 6.18. The van der Waals surface area contributed by atoms with Crippen molar-refractivity contribution in [3.8, 4) is 11.5 Å². The summed E-state index contributed by atoms with van der Waals surface area (Å²) < 4.78 is 57.3. The summed E-state index contributed by atoms with van der Waals surface area (Å²) in [4.78, 5) is 24.2. The van der Waals surface area contributed by atoms with Crippen LogP contribution >= 0.6 is 0 Å². The topological polar surface area (TPSA) is 120 Å². The van der Waals surface area contributed by atoms with Gasteiger partial charge in [0.15, 0.2) is 18.1 Å². The van der Waals surface area contributed by atoms with E-state index in [-0.39, 0.29) is 0 Å². The third kappa shape index (κ3) is 6.42. The molecule has 0 spiro atoms. The standard InChI is InChI=1S/C22H25FN2O7S/c1-14(2)21(25-33(28,29)19-7-4-3-6-16(19)23)22(27)32-13-20(26)24-15-8-9-17-18(12-15)31-11-5-10-30-17/h3-4,6-9,12,14,21,25H,5,10-11,13H2,1-2H3,(H,24,26)/t21-/m0/s1. The van der Waals surface area contributed by atoms with E-state index in [1.807, 2.05) is 0 Å². The minimum absolute atomic E-state index is 0.418. The molecule has 0 radical (unpaired) electrons. The average Bonchev–Trinajstić information content (AvgIpc) is 3.01. The first-order valence-electron chi connectivity index (χ1n) is 10.3. The van der Waals surface area contributed by atoms with E-state index < -0.39 is 51.2 Å². The summed E-state index contributed by atoms with van der Waals surface area (Å²) in [6.45, 7) is 3.56. The van der Waals surface area contributed by atoms with E-state index in [1.54, 1.807) is 32.0 Å². The van der Waals surface area contributed by atoms with Gasteiger partial charge >= 0.3 is 5.97 Å². The minimum atomic E-state index is -4.33. The van der Waals surface area contributed by atoms with Crippen molar-refractivity contribution in [1.82, 2.24) is 4.72 Å². The van der Waals surface area contributed by atoms with Gasteiger partial charge in [-0.15, -0.1) is 0 Å². The van der Waals surface area contributed by atoms with Crippen LogP contribution in [0, 0.1) is 11.7 Å². The fraction of sp³-hybridized carbons (Fsp3) is 0.364. The van der Waals surface area contributed by atoms with E-state index in [0.29, 0.717) is 30.4 Å². The Kier molecular flexibility index (Phi) is 7.88. The number of anilines is 1. The Bertz CT molecular complexity index is 1120. The van der Waals surface area contributed by atoms with Gasteiger partial charge in [-0.25, -0.2) is 12.8 Å². The van der Waals surface area contributed by atoms with Gasteiger partial charge in [0.2, 0.25) is 10.0 Å². The summed E-state index contributed by atoms with van der Waals surface area (Å²) in [7, 11) is -4.33. The lowest BCUT2D eigenvalue weighted by atomic mass is 10.1. The molecule has 2 aromatic carbocycles. The number of ether oxygens (including phenoxy) is 3. The molecule has 1 aliphatic heterocycles. The van der Waals surface area contributed by atoms with Gasteiger partial charge in [-0.05, 0) is 30.2 Å². The number of nitrogens with one attached hydrogen (secondary N) is 2. The van der Waals surface area contributed by atoms with Crippen LogP contribution in [0.3, 0.4) is 0 Å². The normalized spacial score (nSPS) is 14.3. The van der Waals surface area contributed by atoms with Crippen LogP contribution in [-0.4, -0.2) is 46.2 Å². The first-order chi connectivity index (χ1) is 15.7. The summed E-state index contributed by atoms with van der Waals surface area (Å²) in [5.41, 5.74) is 0.418. The van der Waals surface area contributed by atoms with E-state index in [9.17, 15) is 22.4 Å². The first-order valence-corrected chi connectivity index (χ1v) is 11.8. The molecule has 0 bridgehead atoms. The lowest BCUT2D eigenvalue weighted by molar-refractivity contribution is -0.150. The molecular weight excluding hydrogens is 455 g/mol. The van der Waals surface area contributed by atoms with Crippen molar-refractivity contribution in [1.29, 1.82) is 0 Å². The lowest BCUT2D eigenvalue weighted by Gasteiger charge is -2.21. The van der Waals surface area contributed by atoms with Crippen molar-refractivity contribution < 1.29 is 36.6 Å². The number of halogens is 1. The van der Waals surface area contributed by atoms with Gasteiger partial charge in [0, 0.05) is 18.2 Å². The van der Waals surface area contributed by atoms with Crippen LogP contribution < -0.4 is 19.5 Å². The van der Waals surface area contributed by atoms with Crippen LogP contribution in [0.25, 0.3) is 0 Å². The second-order valence-electron chi connectivity index (χ2n) is 7.64. The molecule has 0 saturated heterocycles. The molecule has 3 rings (SSSR count). The molecule has 9 nitrogen and oxygen atoms in total. The van der Waals surface area contributed by atoms with Gasteiger partial charge < -0.3 is 19.5 Å². The van der Waals surface area contributed by atoms with Crippen molar-refractivity contribution in [3.05, 3.63) is 48.3 Å². The summed E-state index contributed by atoms with van der Waals surface area (Å²) in [6, 6.07) is 8.36. The Morgan fingerprint density at radius 1 is 1.09 bits per heavy atom. The zero-order chi connectivity index (χ0) is 24.0. The van der Waals surface area contributed by atoms with Gasteiger partial charge in [-0.1, -0.05) is 26.0 Å². The summed E-state index contributed by atoms with van der Waals surface area (Å²) in [5, 5.41) is 2.58. The fourth-order valence-electron chi connectivity index (χ4n) is 3.01. The Balaban J connectivity index is 1.60. The number of esters is 1. The number of fused-ring (bicyclic) bond motifs is 1. The Morgan fingerprint density at radius 2 is 1.79 bits per heavy atom. The van der Waals surface area contributed by atoms with E-state index in [0.717, 1.165) is 18.6 Å². The van der Waals surface area contributed by atoms with Crippen molar-refractivity contribution in [2.75, 3.05) is 25.1 Å². The molecular formula is C22H25FN2O7S. The highest BCUT2D eigenvalue weighted by Crippen LogP contribution is 2.32. The van der Waals surface area contributed by atoms with E-state index in [4.69, 9.17) is 14.2 Å². The van der Waals surface area contributed by atoms with Gasteiger partial charge in [0.1, 0.15) is 16.8 Å². The van der Waals surface area contributed by atoms with E-state index >= 15 is 0 Å². The molecule has 0 saturated carbocycles. The first kappa shape index (κ1) is 24.5. The number of carbonyl (C=O) groups excluding carboxylic acids is 2. The highest BCUT2D eigenvalue weighted by molar-refractivity contribution is 7.89. The van der Waals surface area contributed by atoms with Crippen LogP contribution in [0.15, 0.2) is 47.4 Å². The summed E-state index contributed by atoms with van der Waals surface area (Å²) in [5.74, 6) is -2.00. The molecule has 2 N–H and O–H groups in total. The minimum Gasteiger partial charge on any atom is -0.490 e. The quantitative estimate of drug-likeness (QED) is 0.557. The zero-order valence-corrected chi connectivity index (χ0v) is 19.0. The van der Waals surface area contributed by atoms with Crippen molar-refractivity contribution in [2.45, 2.75) is 31.2 Å². The third-order valence-electron chi connectivity index (χ3n) is 4.71. The molecule has 1 amide bonds. The van der Waals surface area contributed by atoms with Crippen molar-refractivity contribution >= 4 is 27.6 Å². The van der Waals surface area contributed by atoms with Crippen LogP contribution in [0.1, 0.15) is 20.3 Å². The summed E-state index contributed by atoms with van der Waals surface area (Å²) in [6.07, 6.45) is 0.740. The smallest absolute Gasteiger partial charge is 0.324 e. The molecule has 0 unspecified atom stereocenters. The SMILES string of the molecule is CC(C)[C@H](NS(=O)(=O)c1ccccc1F)C(=O)OCC(=O)Nc1ccc2c(c1)OCCCO2. The van der Waals surface area contributed by atoms with E-state index in [2.05, 4.69) is 10.0 Å². The number of amides is 1. The Hall–Kier alpha value is -3.18. The number of hydrogen-bond donors (Lipinski definition) is 2. The zero-order valence-electron chi connectivity index (χ0n) is 18.2. The monoisotopic (exact) mass is 480 g/mol. The second-order valence-corrected chi connectivity index (χ2v) is 9.32. The van der Waals surface area contributed by atoms with Gasteiger partial charge in [-0.2, -0.15) is 4.72 Å². The number of sulfonamides is 1. The second kappa shape index (κ2) is 10.6. The maximum Gasteiger partial charge on any atom is 0.324 e. The van der Waals surface area contributed by atoms with Gasteiger partial charge in [0.25, 0.3) is 5.91 Å². The van der Waals surface area contributed by atoms with Crippen LogP contribution in [0.5, 0.6) is 11.5 Å². The predicted molar refractivity (Wildman–Crippen MR) is 117 cm³/mol. The molecule has 2 aromatic rings. The lowest BCUT2D eigenvalue weighted by Crippen LogP contribution is -2.46. The average molecular weight is 481 g/mol. The molecule has 1 atom stereocenters. The largest absolute Gasteiger partial charge is 0.490 e. The van der Waals surface area contributed by atoms with Crippen LogP contribution in [0.4, 0.5) is 10.1 Å². The van der Waals surface area contributed by atoms with Crippen molar-refractivity contribution in [2.24, 2.45) is 5.92 Å². The summed E-state index contributed by atoms with van der Waals surface area (Å²) >= 11 is 0. The number of hydrogen-bond acceptors (Lipinski definition) is 7. The molecule has 11 heteroatoms. The van der Waals surface area contributed by atoms with Crippen molar-refractivity contribution in [3.63, 3.8) is 0 Å². The van der Waals surface area contributed by atoms with Gasteiger partial charge in [0.05, 0.1) is 13.2 Å². The number of rotatable bonds is 8. The molecule has 0 aromatic heterocycles. The molecule has 0 aliphatic carbocycles. The fourth-order valence-corrected chi connectivity index (χ4v) is 4.43. The van der Waals surface area contributed by atoms with Crippen LogP contribution in [0.2, 0.25) is 0 Å². The highest BCUT2D eigenvalue weighted by Gasteiger charge is 2.31. The van der Waals surface area contributed by atoms with E-state index in [1.165, 1.54) is 12.1 Å². The van der Waals surface area contributed by atoms with Crippen LogP contribution in [-0.2, 0) is 24.3 Å². The Morgan fingerprint density at radius 3 is 2.48 bits per heavy atom. The maximum absolute atomic E-state index is 13.9. The number of benzene rings is 2.